The van der Waals surface area contributed by atoms with Crippen molar-refractivity contribution in [2.24, 2.45) is 34.5 Å². The minimum absolute atomic E-state index is 0.0597. The van der Waals surface area contributed by atoms with Crippen LogP contribution in [0.5, 0.6) is 0 Å². The molecule has 0 saturated heterocycles. The number of allylic oxidation sites excluding steroid dienone is 1. The van der Waals surface area contributed by atoms with E-state index in [0.29, 0.717) is 17.8 Å². The van der Waals surface area contributed by atoms with Crippen LogP contribution >= 0.6 is 11.6 Å². The van der Waals surface area contributed by atoms with E-state index in [-0.39, 0.29) is 40.5 Å². The Morgan fingerprint density at radius 1 is 1.15 bits per heavy atom. The van der Waals surface area contributed by atoms with Crippen LogP contribution in [0.2, 0.25) is 0 Å². The minimum atomic E-state index is -0.160. The quantitative estimate of drug-likeness (QED) is 0.371. The molecule has 150 valence electrons. The van der Waals surface area contributed by atoms with E-state index >= 15 is 0 Å². The van der Waals surface area contributed by atoms with Crippen LogP contribution in [0.25, 0.3) is 0 Å². The Labute approximate surface area is 168 Å². The third kappa shape index (κ3) is 2.99. The molecule has 4 aliphatic carbocycles. The summed E-state index contributed by atoms with van der Waals surface area (Å²) in [6, 6.07) is 0. The summed E-state index contributed by atoms with van der Waals surface area (Å²) >= 11 is 5.93. The van der Waals surface area contributed by atoms with E-state index in [4.69, 9.17) is 16.3 Å². The fourth-order valence-electron chi connectivity index (χ4n) is 7.58. The molecule has 7 atom stereocenters. The highest BCUT2D eigenvalue weighted by Crippen LogP contribution is 2.66. The summed E-state index contributed by atoms with van der Waals surface area (Å²) < 4.78 is 5.53. The van der Waals surface area contributed by atoms with Gasteiger partial charge in [-0.15, -0.1) is 11.6 Å². The van der Waals surface area contributed by atoms with E-state index in [0.717, 1.165) is 38.5 Å². The fraction of sp³-hybridized carbons (Fsp3) is 0.826. The molecule has 3 fully saturated rings. The van der Waals surface area contributed by atoms with Gasteiger partial charge in [-0.1, -0.05) is 25.5 Å². The Morgan fingerprint density at radius 2 is 1.93 bits per heavy atom. The first-order valence-electron chi connectivity index (χ1n) is 10.7. The fourth-order valence-corrected chi connectivity index (χ4v) is 7.77. The molecule has 4 aliphatic rings. The van der Waals surface area contributed by atoms with E-state index in [1.165, 1.54) is 25.3 Å². The number of rotatable bonds is 3. The van der Waals surface area contributed by atoms with Gasteiger partial charge in [0.1, 0.15) is 6.10 Å². The van der Waals surface area contributed by atoms with Crippen molar-refractivity contribution in [3.63, 3.8) is 0 Å². The number of alkyl halides is 1. The molecule has 0 radical (unpaired) electrons. The van der Waals surface area contributed by atoms with Crippen molar-refractivity contribution in [3.8, 4) is 0 Å². The van der Waals surface area contributed by atoms with Crippen molar-refractivity contribution in [1.82, 2.24) is 0 Å². The van der Waals surface area contributed by atoms with E-state index in [2.05, 4.69) is 19.9 Å². The highest BCUT2D eigenvalue weighted by atomic mass is 35.5. The molecule has 3 nitrogen and oxygen atoms in total. The summed E-state index contributed by atoms with van der Waals surface area (Å²) in [6.07, 6.45) is 11.2. The first-order chi connectivity index (χ1) is 12.8. The molecule has 0 amide bonds. The molecule has 0 aromatic rings. The number of carbonyl (C=O) groups is 2. The van der Waals surface area contributed by atoms with Crippen LogP contribution < -0.4 is 0 Å². The highest BCUT2D eigenvalue weighted by molar-refractivity contribution is 6.28. The number of esters is 1. The van der Waals surface area contributed by atoms with Crippen molar-refractivity contribution in [2.45, 2.75) is 78.2 Å². The van der Waals surface area contributed by atoms with Gasteiger partial charge in [0.15, 0.2) is 5.78 Å². The van der Waals surface area contributed by atoms with Crippen molar-refractivity contribution in [2.75, 3.05) is 5.88 Å². The van der Waals surface area contributed by atoms with Crippen molar-refractivity contribution in [1.29, 1.82) is 0 Å². The largest absolute Gasteiger partial charge is 0.462 e. The SMILES string of the molecule is CC(=O)O[C@H]1CC[C@@]2(C)C(=CC[C@H]3[C@H]4CC[C@H](C(=O)CCl)[C@@]4(C)CC[C@H]32)C1. The average molecular weight is 393 g/mol. The van der Waals surface area contributed by atoms with E-state index in [1.807, 2.05) is 0 Å². The molecular formula is C23H33ClO3. The summed E-state index contributed by atoms with van der Waals surface area (Å²) in [7, 11) is 0. The number of halogens is 1. The maximum atomic E-state index is 12.5. The average Bonchev–Trinajstić information content (AvgIpc) is 2.98. The third-order valence-electron chi connectivity index (χ3n) is 8.91. The van der Waals surface area contributed by atoms with E-state index in [1.54, 1.807) is 0 Å². The Balaban J connectivity index is 1.57. The van der Waals surface area contributed by atoms with Gasteiger partial charge in [0, 0.05) is 19.3 Å². The number of hydrogen-bond donors (Lipinski definition) is 0. The van der Waals surface area contributed by atoms with E-state index < -0.39 is 0 Å². The Hall–Kier alpha value is -0.830. The molecule has 0 spiro atoms. The Bertz CT molecular complexity index is 671. The highest BCUT2D eigenvalue weighted by Gasteiger charge is 2.59. The van der Waals surface area contributed by atoms with Gasteiger partial charge >= 0.3 is 5.97 Å². The maximum absolute atomic E-state index is 12.5. The first-order valence-corrected chi connectivity index (χ1v) is 11.3. The number of fused-ring (bicyclic) bond motifs is 5. The predicted molar refractivity (Wildman–Crippen MR) is 106 cm³/mol. The first kappa shape index (κ1) is 19.5. The number of hydrogen-bond acceptors (Lipinski definition) is 3. The zero-order valence-corrected chi connectivity index (χ0v) is 17.7. The van der Waals surface area contributed by atoms with Gasteiger partial charge in [-0.25, -0.2) is 0 Å². The van der Waals surface area contributed by atoms with Crippen LogP contribution in [-0.2, 0) is 14.3 Å². The molecule has 3 saturated carbocycles. The topological polar surface area (TPSA) is 43.4 Å². The van der Waals surface area contributed by atoms with Crippen molar-refractivity contribution in [3.05, 3.63) is 11.6 Å². The third-order valence-corrected chi connectivity index (χ3v) is 9.18. The van der Waals surface area contributed by atoms with Gasteiger partial charge in [-0.3, -0.25) is 9.59 Å². The zero-order chi connectivity index (χ0) is 19.4. The molecule has 0 heterocycles. The monoisotopic (exact) mass is 392 g/mol. The molecule has 0 N–H and O–H groups in total. The van der Waals surface area contributed by atoms with Crippen molar-refractivity contribution >= 4 is 23.4 Å². The number of ether oxygens (including phenoxy) is 1. The lowest BCUT2D eigenvalue weighted by atomic mass is 9.47. The van der Waals surface area contributed by atoms with Crippen LogP contribution in [0.4, 0.5) is 0 Å². The van der Waals surface area contributed by atoms with Crippen LogP contribution in [-0.4, -0.2) is 23.7 Å². The zero-order valence-electron chi connectivity index (χ0n) is 16.9. The molecule has 0 aliphatic heterocycles. The molecule has 4 heteroatoms. The summed E-state index contributed by atoms with van der Waals surface area (Å²) in [6.45, 7) is 6.34. The summed E-state index contributed by atoms with van der Waals surface area (Å²) in [5.41, 5.74) is 1.91. The molecule has 0 unspecified atom stereocenters. The van der Waals surface area contributed by atoms with Crippen LogP contribution in [0, 0.1) is 34.5 Å². The number of carbonyl (C=O) groups excluding carboxylic acids is 2. The molecule has 0 aromatic heterocycles. The summed E-state index contributed by atoms with van der Waals surface area (Å²) in [4.78, 5) is 23.8. The Morgan fingerprint density at radius 3 is 2.63 bits per heavy atom. The second-order valence-electron chi connectivity index (χ2n) is 10.0. The number of ketones is 1. The molecular weight excluding hydrogens is 360 g/mol. The minimum Gasteiger partial charge on any atom is -0.462 e. The number of Topliss-reactive ketones (excluding diaryl/α,β-unsaturated/α-hetero) is 1. The summed E-state index contributed by atoms with van der Waals surface area (Å²) in [5, 5.41) is 0. The second kappa shape index (κ2) is 6.90. The van der Waals surface area contributed by atoms with Crippen molar-refractivity contribution < 1.29 is 14.3 Å². The smallest absolute Gasteiger partial charge is 0.302 e. The maximum Gasteiger partial charge on any atom is 0.302 e. The lowest BCUT2D eigenvalue weighted by molar-refractivity contribution is -0.149. The van der Waals surface area contributed by atoms with Gasteiger partial charge in [0.2, 0.25) is 0 Å². The lowest BCUT2D eigenvalue weighted by Gasteiger charge is -2.58. The van der Waals surface area contributed by atoms with Gasteiger partial charge in [-0.2, -0.15) is 0 Å². The van der Waals surface area contributed by atoms with Gasteiger partial charge in [-0.05, 0) is 73.5 Å². The lowest BCUT2D eigenvalue weighted by Crippen LogP contribution is -2.51. The molecule has 0 bridgehead atoms. The molecule has 27 heavy (non-hydrogen) atoms. The van der Waals surface area contributed by atoms with Gasteiger partial charge < -0.3 is 4.74 Å². The second-order valence-corrected chi connectivity index (χ2v) is 10.3. The van der Waals surface area contributed by atoms with Gasteiger partial charge in [0.05, 0.1) is 5.88 Å². The summed E-state index contributed by atoms with van der Waals surface area (Å²) in [5.74, 6) is 2.48. The van der Waals surface area contributed by atoms with E-state index in [9.17, 15) is 9.59 Å². The molecule has 4 rings (SSSR count). The van der Waals surface area contributed by atoms with Crippen LogP contribution in [0.1, 0.15) is 72.1 Å². The van der Waals surface area contributed by atoms with Crippen LogP contribution in [0.3, 0.4) is 0 Å². The standard InChI is InChI=1S/C23H33ClO3/c1-14(25)27-16-8-10-22(2)15(12-16)4-5-17-18-6-7-20(21(26)13-24)23(18,3)11-9-19(17)22/h4,16-20H,5-13H2,1-3H3/t16-,17-,18+,19+,20+,22-,23-/m0/s1. The normalized spacial score (nSPS) is 45.9. The predicted octanol–water partition coefficient (Wildman–Crippen LogP) is 5.31. The molecule has 0 aromatic carbocycles. The van der Waals surface area contributed by atoms with Gasteiger partial charge in [0.25, 0.3) is 0 Å². The Kier molecular flexibility index (Phi) is 4.98. The van der Waals surface area contributed by atoms with Crippen LogP contribution in [0.15, 0.2) is 11.6 Å².